The van der Waals surface area contributed by atoms with Crippen molar-refractivity contribution in [1.82, 2.24) is 9.80 Å². The van der Waals surface area contributed by atoms with Crippen LogP contribution >= 0.6 is 12.6 Å². The van der Waals surface area contributed by atoms with Gasteiger partial charge in [-0.05, 0) is 44.5 Å². The van der Waals surface area contributed by atoms with Crippen LogP contribution in [0, 0.1) is 5.41 Å². The van der Waals surface area contributed by atoms with Crippen molar-refractivity contribution in [2.75, 3.05) is 32.9 Å². The highest BCUT2D eigenvalue weighted by molar-refractivity contribution is 7.80. The van der Waals surface area contributed by atoms with Gasteiger partial charge in [-0.3, -0.25) is 4.79 Å². The van der Waals surface area contributed by atoms with Gasteiger partial charge >= 0.3 is 0 Å². The first kappa shape index (κ1) is 14.2. The van der Waals surface area contributed by atoms with Crippen molar-refractivity contribution in [2.45, 2.75) is 37.8 Å². The number of aliphatic hydroxyl groups excluding tert-OH is 1. The molecular formula is C13H24N2O2S. The van der Waals surface area contributed by atoms with Crippen molar-refractivity contribution in [2.24, 2.45) is 5.41 Å². The third-order valence-corrected chi connectivity index (χ3v) is 4.78. The second-order valence-electron chi connectivity index (χ2n) is 6.19. The average molecular weight is 272 g/mol. The van der Waals surface area contributed by atoms with Crippen LogP contribution < -0.4 is 0 Å². The maximum absolute atomic E-state index is 12.4. The molecule has 104 valence electrons. The van der Waals surface area contributed by atoms with E-state index in [0.717, 1.165) is 25.1 Å². The number of likely N-dealkylation sites (tertiary alicyclic amines) is 1. The molecule has 0 aromatic heterocycles. The van der Waals surface area contributed by atoms with E-state index in [1.165, 1.54) is 0 Å². The van der Waals surface area contributed by atoms with Crippen molar-refractivity contribution in [1.29, 1.82) is 0 Å². The molecule has 0 aromatic carbocycles. The van der Waals surface area contributed by atoms with Gasteiger partial charge in [-0.1, -0.05) is 0 Å². The highest BCUT2D eigenvalue weighted by Crippen LogP contribution is 2.50. The van der Waals surface area contributed by atoms with Crippen LogP contribution in [0.15, 0.2) is 0 Å². The highest BCUT2D eigenvalue weighted by atomic mass is 32.1. The average Bonchev–Trinajstić information content (AvgIpc) is 2.96. The Labute approximate surface area is 115 Å². The molecule has 2 atom stereocenters. The fourth-order valence-electron chi connectivity index (χ4n) is 2.78. The van der Waals surface area contributed by atoms with Gasteiger partial charge in [0.15, 0.2) is 0 Å². The summed E-state index contributed by atoms with van der Waals surface area (Å²) in [5.41, 5.74) is 0.163. The molecule has 2 unspecified atom stereocenters. The first-order valence-corrected chi connectivity index (χ1v) is 7.32. The predicted octanol–water partition coefficient (Wildman–Crippen LogP) is 0.610. The van der Waals surface area contributed by atoms with E-state index in [9.17, 15) is 9.90 Å². The lowest BCUT2D eigenvalue weighted by Crippen LogP contribution is -2.42. The van der Waals surface area contributed by atoms with Crippen LogP contribution in [0.3, 0.4) is 0 Å². The molecule has 1 N–H and O–H groups in total. The summed E-state index contributed by atoms with van der Waals surface area (Å²) < 4.78 is 0. The van der Waals surface area contributed by atoms with Crippen molar-refractivity contribution < 1.29 is 9.90 Å². The molecule has 18 heavy (non-hydrogen) atoms. The summed E-state index contributed by atoms with van der Waals surface area (Å²) in [6.45, 7) is 1.33. The summed E-state index contributed by atoms with van der Waals surface area (Å²) in [6.07, 6.45) is 3.20. The number of hydrogen-bond donors (Lipinski definition) is 2. The van der Waals surface area contributed by atoms with E-state index in [4.69, 9.17) is 0 Å². The Morgan fingerprint density at radius 3 is 2.67 bits per heavy atom. The lowest BCUT2D eigenvalue weighted by Gasteiger charge is -2.28. The Morgan fingerprint density at radius 1 is 1.50 bits per heavy atom. The van der Waals surface area contributed by atoms with Crippen LogP contribution in [0.5, 0.6) is 0 Å². The maximum atomic E-state index is 12.4. The Morgan fingerprint density at radius 2 is 2.17 bits per heavy atom. The topological polar surface area (TPSA) is 43.8 Å². The van der Waals surface area contributed by atoms with Gasteiger partial charge in [0.25, 0.3) is 0 Å². The molecule has 1 aliphatic heterocycles. The standard InChI is InChI=1S/C13H24N2O2S/c1-14(2)7-10-5-11(16)8-15(10)12(17)6-13(9-18)3-4-13/h10-11,16,18H,3-9H2,1-2H3. The molecule has 1 saturated heterocycles. The first-order chi connectivity index (χ1) is 8.46. The number of rotatable bonds is 5. The van der Waals surface area contributed by atoms with E-state index in [2.05, 4.69) is 17.5 Å². The molecule has 0 radical (unpaired) electrons. The lowest BCUT2D eigenvalue weighted by molar-refractivity contribution is -0.133. The minimum absolute atomic E-state index is 0.163. The summed E-state index contributed by atoms with van der Waals surface area (Å²) in [4.78, 5) is 16.3. The van der Waals surface area contributed by atoms with Crippen molar-refractivity contribution in [3.05, 3.63) is 0 Å². The molecule has 1 aliphatic carbocycles. The number of amides is 1. The molecule has 2 fully saturated rings. The predicted molar refractivity (Wildman–Crippen MR) is 74.8 cm³/mol. The van der Waals surface area contributed by atoms with E-state index in [1.807, 2.05) is 19.0 Å². The number of hydrogen-bond acceptors (Lipinski definition) is 4. The van der Waals surface area contributed by atoms with Crippen LogP contribution in [-0.2, 0) is 4.79 Å². The zero-order chi connectivity index (χ0) is 13.3. The minimum atomic E-state index is -0.356. The summed E-state index contributed by atoms with van der Waals surface area (Å²) >= 11 is 4.35. The lowest BCUT2D eigenvalue weighted by atomic mass is 10.0. The van der Waals surface area contributed by atoms with Crippen LogP contribution in [0.25, 0.3) is 0 Å². The Balaban J connectivity index is 1.94. The molecule has 0 aromatic rings. The van der Waals surface area contributed by atoms with Gasteiger partial charge in [0, 0.05) is 25.6 Å². The molecule has 4 nitrogen and oxygen atoms in total. The van der Waals surface area contributed by atoms with Crippen molar-refractivity contribution in [3.8, 4) is 0 Å². The number of likely N-dealkylation sites (N-methyl/N-ethyl adjacent to an activating group) is 1. The Bertz CT molecular complexity index is 318. The van der Waals surface area contributed by atoms with Crippen LogP contribution in [0.4, 0.5) is 0 Å². The summed E-state index contributed by atoms with van der Waals surface area (Å²) in [5.74, 6) is 0.998. The van der Waals surface area contributed by atoms with Gasteiger partial charge in [-0.25, -0.2) is 0 Å². The van der Waals surface area contributed by atoms with E-state index >= 15 is 0 Å². The summed E-state index contributed by atoms with van der Waals surface area (Å²) in [6, 6.07) is 0.165. The van der Waals surface area contributed by atoms with Crippen molar-refractivity contribution in [3.63, 3.8) is 0 Å². The molecule has 0 bridgehead atoms. The highest BCUT2D eigenvalue weighted by Gasteiger charge is 2.45. The quantitative estimate of drug-likeness (QED) is 0.721. The molecule has 1 amide bonds. The number of carbonyl (C=O) groups excluding carboxylic acids is 1. The Hall–Kier alpha value is -0.260. The van der Waals surface area contributed by atoms with Gasteiger partial charge in [-0.15, -0.1) is 0 Å². The maximum Gasteiger partial charge on any atom is 0.223 e. The fraction of sp³-hybridized carbons (Fsp3) is 0.923. The normalized spacial score (nSPS) is 29.9. The third-order valence-electron chi connectivity index (χ3n) is 4.11. The van der Waals surface area contributed by atoms with Crippen LogP contribution in [0.1, 0.15) is 25.7 Å². The molecule has 2 aliphatic rings. The number of aliphatic hydroxyl groups is 1. The molecule has 5 heteroatoms. The van der Waals surface area contributed by atoms with Gasteiger partial charge in [0.05, 0.1) is 6.10 Å². The minimum Gasteiger partial charge on any atom is -0.391 e. The zero-order valence-corrected chi connectivity index (χ0v) is 12.2. The van der Waals surface area contributed by atoms with Crippen LogP contribution in [-0.4, -0.2) is 65.9 Å². The number of thiol groups is 1. The van der Waals surface area contributed by atoms with Gasteiger partial charge in [0.2, 0.25) is 5.91 Å². The molecule has 1 heterocycles. The van der Waals surface area contributed by atoms with Crippen molar-refractivity contribution >= 4 is 18.5 Å². The van der Waals surface area contributed by atoms with Gasteiger partial charge in [0.1, 0.15) is 0 Å². The number of carbonyl (C=O) groups is 1. The number of nitrogens with zero attached hydrogens (tertiary/aromatic N) is 2. The van der Waals surface area contributed by atoms with E-state index in [1.54, 1.807) is 0 Å². The second-order valence-corrected chi connectivity index (χ2v) is 6.50. The molecule has 2 rings (SSSR count). The van der Waals surface area contributed by atoms with Crippen LogP contribution in [0.2, 0.25) is 0 Å². The third kappa shape index (κ3) is 3.19. The Kier molecular flexibility index (Phi) is 4.24. The van der Waals surface area contributed by atoms with Gasteiger partial charge < -0.3 is 14.9 Å². The first-order valence-electron chi connectivity index (χ1n) is 6.69. The molecular weight excluding hydrogens is 248 g/mol. The van der Waals surface area contributed by atoms with E-state index < -0.39 is 0 Å². The largest absolute Gasteiger partial charge is 0.391 e. The SMILES string of the molecule is CN(C)CC1CC(O)CN1C(=O)CC1(CS)CC1. The summed E-state index contributed by atoms with van der Waals surface area (Å²) in [7, 11) is 4.01. The fourth-order valence-corrected chi connectivity index (χ4v) is 3.21. The van der Waals surface area contributed by atoms with E-state index in [0.29, 0.717) is 19.4 Å². The summed E-state index contributed by atoms with van der Waals surface area (Å²) in [5, 5.41) is 9.78. The zero-order valence-electron chi connectivity index (χ0n) is 11.3. The molecule has 1 saturated carbocycles. The monoisotopic (exact) mass is 272 g/mol. The smallest absolute Gasteiger partial charge is 0.223 e. The second kappa shape index (κ2) is 5.39. The van der Waals surface area contributed by atoms with E-state index in [-0.39, 0.29) is 23.5 Å². The number of β-amino-alcohol motifs (C(OH)–C–C–N with tert-alkyl or cyclic N) is 1. The van der Waals surface area contributed by atoms with Gasteiger partial charge in [-0.2, -0.15) is 12.6 Å². The molecule has 0 spiro atoms.